The van der Waals surface area contributed by atoms with Crippen molar-refractivity contribution in [3.8, 4) is 0 Å². The van der Waals surface area contributed by atoms with E-state index >= 15 is 0 Å². The van der Waals surface area contributed by atoms with Crippen molar-refractivity contribution in [3.05, 3.63) is 63.6 Å². The molecule has 6 nitrogen and oxygen atoms in total. The number of amides is 1. The number of rotatable bonds is 6. The Kier molecular flexibility index (Phi) is 5.52. The van der Waals surface area contributed by atoms with Crippen molar-refractivity contribution in [3.63, 3.8) is 0 Å². The van der Waals surface area contributed by atoms with E-state index in [2.05, 4.69) is 5.32 Å². The maximum atomic E-state index is 12.5. The minimum Gasteiger partial charge on any atom is -0.480 e. The van der Waals surface area contributed by atoms with E-state index in [9.17, 15) is 14.4 Å². The van der Waals surface area contributed by atoms with Gasteiger partial charge in [-0.05, 0) is 42.2 Å². The molecule has 1 aromatic heterocycles. The molecule has 0 aliphatic heterocycles. The van der Waals surface area contributed by atoms with Gasteiger partial charge in [0.15, 0.2) is 0 Å². The highest BCUT2D eigenvalue weighted by molar-refractivity contribution is 6.04. The average Bonchev–Trinajstić information content (AvgIpc) is 2.56. The zero-order valence-corrected chi connectivity index (χ0v) is 13.7. The number of aromatic nitrogens is 1. The monoisotopic (exact) mass is 328 g/mol. The summed E-state index contributed by atoms with van der Waals surface area (Å²) >= 11 is 0. The average molecular weight is 328 g/mol. The number of nitrogens with zero attached hydrogens (tertiary/aromatic N) is 1. The Labute approximate surface area is 139 Å². The van der Waals surface area contributed by atoms with Crippen LogP contribution in [0.2, 0.25) is 0 Å². The highest BCUT2D eigenvalue weighted by Gasteiger charge is 2.15. The van der Waals surface area contributed by atoms with Crippen molar-refractivity contribution < 1.29 is 14.7 Å². The molecule has 0 bridgehead atoms. The van der Waals surface area contributed by atoms with E-state index in [-0.39, 0.29) is 5.56 Å². The lowest BCUT2D eigenvalue weighted by molar-refractivity contribution is -0.137. The Balaban J connectivity index is 2.34. The molecular formula is C18H20N2O4. The predicted octanol–water partition coefficient (Wildman–Crippen LogP) is 2.31. The van der Waals surface area contributed by atoms with E-state index in [0.717, 1.165) is 28.5 Å². The Morgan fingerprint density at radius 3 is 2.54 bits per heavy atom. The van der Waals surface area contributed by atoms with Crippen molar-refractivity contribution in [2.24, 2.45) is 0 Å². The largest absolute Gasteiger partial charge is 0.480 e. The van der Waals surface area contributed by atoms with Crippen LogP contribution in [0.4, 0.5) is 5.69 Å². The molecule has 1 heterocycles. The number of carboxylic acids is 1. The second-order valence-electron chi connectivity index (χ2n) is 5.40. The van der Waals surface area contributed by atoms with Crippen molar-refractivity contribution in [1.82, 2.24) is 4.57 Å². The predicted molar refractivity (Wildman–Crippen MR) is 91.5 cm³/mol. The number of aliphatic carboxylic acids is 1. The maximum absolute atomic E-state index is 12.5. The van der Waals surface area contributed by atoms with Crippen LogP contribution in [0.25, 0.3) is 0 Å². The lowest BCUT2D eigenvalue weighted by Gasteiger charge is -2.12. The molecule has 0 aliphatic carbocycles. The summed E-state index contributed by atoms with van der Waals surface area (Å²) in [6.07, 6.45) is 2.93. The second kappa shape index (κ2) is 7.59. The lowest BCUT2D eigenvalue weighted by Crippen LogP contribution is -2.30. The van der Waals surface area contributed by atoms with Gasteiger partial charge < -0.3 is 15.0 Å². The molecule has 2 N–H and O–H groups in total. The standard InChI is InChI=1S/C18H20N2O4/c1-3-12-7-8-13(4-2)15(10-12)19-17(23)14-6-5-9-20(18(14)24)11-16(21)22/h5-10H,3-4,11H2,1-2H3,(H,19,23)(H,21,22). The third kappa shape index (κ3) is 3.90. The Morgan fingerprint density at radius 2 is 1.92 bits per heavy atom. The van der Waals surface area contributed by atoms with Crippen molar-refractivity contribution in [2.75, 3.05) is 5.32 Å². The number of nitrogens with one attached hydrogen (secondary N) is 1. The summed E-state index contributed by atoms with van der Waals surface area (Å²) in [5.41, 5.74) is 2.03. The zero-order chi connectivity index (χ0) is 17.7. The normalized spacial score (nSPS) is 10.4. The number of hydrogen-bond acceptors (Lipinski definition) is 3. The SMILES string of the molecule is CCc1ccc(CC)c(NC(=O)c2cccn(CC(=O)O)c2=O)c1. The maximum Gasteiger partial charge on any atom is 0.323 e. The molecule has 2 rings (SSSR count). The fraction of sp³-hybridized carbons (Fsp3) is 0.278. The van der Waals surface area contributed by atoms with Gasteiger partial charge in [-0.2, -0.15) is 0 Å². The first-order valence-electron chi connectivity index (χ1n) is 7.80. The zero-order valence-electron chi connectivity index (χ0n) is 13.7. The summed E-state index contributed by atoms with van der Waals surface area (Å²) in [5.74, 6) is -1.68. The number of anilines is 1. The van der Waals surface area contributed by atoms with Crippen LogP contribution in [-0.4, -0.2) is 21.6 Å². The molecule has 1 aromatic carbocycles. The Bertz CT molecular complexity index is 824. The van der Waals surface area contributed by atoms with Crippen LogP contribution in [0.1, 0.15) is 35.3 Å². The molecule has 0 aliphatic rings. The number of carbonyl (C=O) groups excluding carboxylic acids is 1. The van der Waals surface area contributed by atoms with Crippen LogP contribution in [-0.2, 0) is 24.2 Å². The molecule has 0 unspecified atom stereocenters. The van der Waals surface area contributed by atoms with Crippen LogP contribution in [0, 0.1) is 0 Å². The fourth-order valence-corrected chi connectivity index (χ4v) is 2.44. The number of benzene rings is 1. The lowest BCUT2D eigenvalue weighted by atomic mass is 10.0. The van der Waals surface area contributed by atoms with Gasteiger partial charge >= 0.3 is 5.97 Å². The molecule has 24 heavy (non-hydrogen) atoms. The van der Waals surface area contributed by atoms with Crippen LogP contribution in [0.3, 0.4) is 0 Å². The van der Waals surface area contributed by atoms with Gasteiger partial charge in [0, 0.05) is 11.9 Å². The molecular weight excluding hydrogens is 308 g/mol. The number of hydrogen-bond donors (Lipinski definition) is 2. The summed E-state index contributed by atoms with van der Waals surface area (Å²) in [4.78, 5) is 35.5. The summed E-state index contributed by atoms with van der Waals surface area (Å²) in [6, 6.07) is 8.75. The van der Waals surface area contributed by atoms with E-state index in [4.69, 9.17) is 5.11 Å². The second-order valence-corrected chi connectivity index (χ2v) is 5.40. The van der Waals surface area contributed by atoms with Gasteiger partial charge in [0.05, 0.1) is 0 Å². The highest BCUT2D eigenvalue weighted by atomic mass is 16.4. The van der Waals surface area contributed by atoms with E-state index in [1.165, 1.54) is 18.3 Å². The van der Waals surface area contributed by atoms with Crippen LogP contribution >= 0.6 is 0 Å². The van der Waals surface area contributed by atoms with Crippen molar-refractivity contribution >= 4 is 17.6 Å². The molecule has 0 radical (unpaired) electrons. The van der Waals surface area contributed by atoms with Crippen LogP contribution in [0.15, 0.2) is 41.3 Å². The minimum atomic E-state index is -1.14. The van der Waals surface area contributed by atoms with Gasteiger partial charge in [-0.3, -0.25) is 14.4 Å². The van der Waals surface area contributed by atoms with Crippen molar-refractivity contribution in [2.45, 2.75) is 33.2 Å². The molecule has 0 atom stereocenters. The molecule has 1 amide bonds. The summed E-state index contributed by atoms with van der Waals surface area (Å²) in [5, 5.41) is 11.6. The summed E-state index contributed by atoms with van der Waals surface area (Å²) in [6.45, 7) is 3.53. The quantitative estimate of drug-likeness (QED) is 0.851. The molecule has 6 heteroatoms. The first-order valence-corrected chi connectivity index (χ1v) is 7.80. The van der Waals surface area contributed by atoms with Crippen LogP contribution in [0.5, 0.6) is 0 Å². The third-order valence-corrected chi connectivity index (χ3v) is 3.78. The topological polar surface area (TPSA) is 88.4 Å². The number of aryl methyl sites for hydroxylation is 2. The van der Waals surface area contributed by atoms with Crippen LogP contribution < -0.4 is 10.9 Å². The Morgan fingerprint density at radius 1 is 1.17 bits per heavy atom. The first kappa shape index (κ1) is 17.5. The van der Waals surface area contributed by atoms with Gasteiger partial charge in [0.1, 0.15) is 12.1 Å². The fourth-order valence-electron chi connectivity index (χ4n) is 2.44. The van der Waals surface area contributed by atoms with E-state index in [1.807, 2.05) is 32.0 Å². The molecule has 0 saturated carbocycles. The van der Waals surface area contributed by atoms with Gasteiger partial charge in [-0.25, -0.2) is 0 Å². The smallest absolute Gasteiger partial charge is 0.323 e. The van der Waals surface area contributed by atoms with Crippen molar-refractivity contribution in [1.29, 1.82) is 0 Å². The highest BCUT2D eigenvalue weighted by Crippen LogP contribution is 2.19. The van der Waals surface area contributed by atoms with Gasteiger partial charge in [-0.1, -0.05) is 26.0 Å². The van der Waals surface area contributed by atoms with E-state index < -0.39 is 24.0 Å². The minimum absolute atomic E-state index is 0.0808. The molecule has 2 aromatic rings. The number of carbonyl (C=O) groups is 2. The number of carboxylic acid groups (broad SMARTS) is 1. The molecule has 0 spiro atoms. The third-order valence-electron chi connectivity index (χ3n) is 3.78. The summed E-state index contributed by atoms with van der Waals surface area (Å²) in [7, 11) is 0. The molecule has 0 fully saturated rings. The molecule has 0 saturated heterocycles. The number of pyridine rings is 1. The first-order chi connectivity index (χ1) is 11.5. The van der Waals surface area contributed by atoms with Gasteiger partial charge in [0.2, 0.25) is 0 Å². The van der Waals surface area contributed by atoms with E-state index in [0.29, 0.717) is 5.69 Å². The molecule has 126 valence electrons. The Hall–Kier alpha value is -2.89. The van der Waals surface area contributed by atoms with E-state index in [1.54, 1.807) is 0 Å². The summed E-state index contributed by atoms with van der Waals surface area (Å²) < 4.78 is 1.00. The van der Waals surface area contributed by atoms with Gasteiger partial charge in [-0.15, -0.1) is 0 Å². The van der Waals surface area contributed by atoms with Gasteiger partial charge in [0.25, 0.3) is 11.5 Å².